The Hall–Kier alpha value is -1.61. The molecule has 0 aliphatic carbocycles. The fraction of sp³-hybridized carbons (Fsp3) is 0.263. The first-order valence-corrected chi connectivity index (χ1v) is 7.28. The van der Waals surface area contributed by atoms with Crippen molar-refractivity contribution >= 4 is 18.5 Å². The highest BCUT2D eigenvalue weighted by Crippen LogP contribution is 2.19. The molecular formula is C19H24ClNO. The Morgan fingerprint density at radius 1 is 1.00 bits per heavy atom. The largest absolute Gasteiger partial charge is 0.388 e. The summed E-state index contributed by atoms with van der Waals surface area (Å²) in [6, 6.07) is 18.2. The van der Waals surface area contributed by atoms with Gasteiger partial charge >= 0.3 is 0 Å². The predicted octanol–water partition coefficient (Wildman–Crippen LogP) is 3.96. The third-order valence-corrected chi connectivity index (χ3v) is 3.37. The fourth-order valence-electron chi connectivity index (χ4n) is 2.18. The van der Waals surface area contributed by atoms with Crippen molar-refractivity contribution in [2.45, 2.75) is 12.5 Å². The summed E-state index contributed by atoms with van der Waals surface area (Å²) in [5, 5.41) is 10.3. The third-order valence-electron chi connectivity index (χ3n) is 3.37. The molecule has 0 aromatic heterocycles. The maximum Gasteiger partial charge on any atom is 0.0830 e. The molecule has 0 saturated carbocycles. The van der Waals surface area contributed by atoms with Crippen LogP contribution >= 0.6 is 12.4 Å². The fourth-order valence-corrected chi connectivity index (χ4v) is 2.18. The van der Waals surface area contributed by atoms with Crippen molar-refractivity contribution in [3.8, 4) is 0 Å². The quantitative estimate of drug-likeness (QED) is 0.871. The van der Waals surface area contributed by atoms with Gasteiger partial charge in [0.15, 0.2) is 0 Å². The molecule has 0 bridgehead atoms. The molecule has 0 amide bonds. The lowest BCUT2D eigenvalue weighted by atomic mass is 10.0. The van der Waals surface area contributed by atoms with Gasteiger partial charge in [-0.25, -0.2) is 0 Å². The van der Waals surface area contributed by atoms with Crippen LogP contribution in [0.15, 0.2) is 60.7 Å². The minimum atomic E-state index is -0.452. The van der Waals surface area contributed by atoms with Crippen molar-refractivity contribution in [2.24, 2.45) is 0 Å². The van der Waals surface area contributed by atoms with Crippen molar-refractivity contribution in [3.05, 3.63) is 77.4 Å². The molecule has 118 valence electrons. The summed E-state index contributed by atoms with van der Waals surface area (Å²) in [7, 11) is 4.10. The summed E-state index contributed by atoms with van der Waals surface area (Å²) in [4.78, 5) is 2.12. The van der Waals surface area contributed by atoms with E-state index in [1.807, 2.05) is 56.6 Å². The van der Waals surface area contributed by atoms with Gasteiger partial charge in [-0.15, -0.1) is 12.4 Å². The maximum absolute atomic E-state index is 10.3. The zero-order chi connectivity index (χ0) is 15.1. The van der Waals surface area contributed by atoms with Crippen molar-refractivity contribution in [3.63, 3.8) is 0 Å². The third kappa shape index (κ3) is 6.02. The molecule has 1 N–H and O–H groups in total. The Bertz CT molecular complexity index is 564. The van der Waals surface area contributed by atoms with Crippen LogP contribution in [0, 0.1) is 0 Å². The summed E-state index contributed by atoms with van der Waals surface area (Å²) in [5.41, 5.74) is 3.27. The number of likely N-dealkylation sites (N-methyl/N-ethyl adjacent to an activating group) is 1. The zero-order valence-electron chi connectivity index (χ0n) is 13.1. The molecular weight excluding hydrogens is 294 g/mol. The molecule has 2 rings (SSSR count). The minimum absolute atomic E-state index is 0. The van der Waals surface area contributed by atoms with Gasteiger partial charge in [-0.05, 0) is 30.8 Å². The second kappa shape index (κ2) is 9.42. The maximum atomic E-state index is 10.3. The van der Waals surface area contributed by atoms with Gasteiger partial charge in [0.25, 0.3) is 0 Å². The number of nitrogens with zero attached hydrogens (tertiary/aromatic N) is 1. The highest BCUT2D eigenvalue weighted by molar-refractivity contribution is 5.85. The van der Waals surface area contributed by atoms with Crippen LogP contribution in [-0.4, -0.2) is 30.6 Å². The Balaban J connectivity index is 0.00000242. The molecule has 0 aliphatic heterocycles. The van der Waals surface area contributed by atoms with E-state index in [4.69, 9.17) is 0 Å². The summed E-state index contributed by atoms with van der Waals surface area (Å²) < 4.78 is 0. The molecule has 0 radical (unpaired) electrons. The molecule has 1 unspecified atom stereocenters. The van der Waals surface area contributed by atoms with Crippen LogP contribution in [0.25, 0.3) is 6.08 Å². The molecule has 22 heavy (non-hydrogen) atoms. The first kappa shape index (κ1) is 18.4. The average molecular weight is 318 g/mol. The number of aliphatic hydroxyl groups excluding tert-OH is 1. The van der Waals surface area contributed by atoms with E-state index in [0.717, 1.165) is 23.2 Å². The van der Waals surface area contributed by atoms with Gasteiger partial charge in [0, 0.05) is 13.0 Å². The number of aliphatic hydroxyl groups is 1. The SMILES string of the molecule is CN(C)CC=Cc1ccc(C(O)Cc2ccccc2)cc1.Cl. The molecule has 0 spiro atoms. The highest BCUT2D eigenvalue weighted by Gasteiger charge is 2.07. The molecule has 3 heteroatoms. The molecule has 2 aromatic carbocycles. The zero-order valence-corrected chi connectivity index (χ0v) is 14.0. The van der Waals surface area contributed by atoms with Gasteiger partial charge in [-0.2, -0.15) is 0 Å². The lowest BCUT2D eigenvalue weighted by Gasteiger charge is -2.11. The van der Waals surface area contributed by atoms with Crippen LogP contribution in [0.2, 0.25) is 0 Å². The van der Waals surface area contributed by atoms with Crippen molar-refractivity contribution in [1.82, 2.24) is 4.90 Å². The van der Waals surface area contributed by atoms with E-state index in [1.54, 1.807) is 0 Å². The minimum Gasteiger partial charge on any atom is -0.388 e. The smallest absolute Gasteiger partial charge is 0.0830 e. The Morgan fingerprint density at radius 2 is 1.64 bits per heavy atom. The Morgan fingerprint density at radius 3 is 2.23 bits per heavy atom. The molecule has 0 heterocycles. The highest BCUT2D eigenvalue weighted by atomic mass is 35.5. The lowest BCUT2D eigenvalue weighted by Crippen LogP contribution is -2.10. The lowest BCUT2D eigenvalue weighted by molar-refractivity contribution is 0.178. The van der Waals surface area contributed by atoms with Crippen molar-refractivity contribution in [2.75, 3.05) is 20.6 Å². The molecule has 0 saturated heterocycles. The van der Waals surface area contributed by atoms with Crippen LogP contribution in [-0.2, 0) is 6.42 Å². The van der Waals surface area contributed by atoms with E-state index < -0.39 is 6.10 Å². The number of rotatable bonds is 6. The van der Waals surface area contributed by atoms with Crippen LogP contribution in [0.3, 0.4) is 0 Å². The summed E-state index contributed by atoms with van der Waals surface area (Å²) in [6.45, 7) is 0.929. The Kier molecular flexibility index (Phi) is 7.89. The van der Waals surface area contributed by atoms with Crippen LogP contribution in [0.5, 0.6) is 0 Å². The van der Waals surface area contributed by atoms with Gasteiger partial charge in [0.05, 0.1) is 6.10 Å². The van der Waals surface area contributed by atoms with Gasteiger partial charge in [0.2, 0.25) is 0 Å². The van der Waals surface area contributed by atoms with E-state index in [-0.39, 0.29) is 12.4 Å². The molecule has 0 fully saturated rings. The van der Waals surface area contributed by atoms with E-state index in [0.29, 0.717) is 6.42 Å². The van der Waals surface area contributed by atoms with E-state index in [1.165, 1.54) is 0 Å². The monoisotopic (exact) mass is 317 g/mol. The van der Waals surface area contributed by atoms with Gasteiger partial charge in [-0.1, -0.05) is 66.7 Å². The van der Waals surface area contributed by atoms with Crippen molar-refractivity contribution < 1.29 is 5.11 Å². The molecule has 0 aliphatic rings. The second-order valence-corrected chi connectivity index (χ2v) is 5.54. The summed E-state index contributed by atoms with van der Waals surface area (Å²) in [6.07, 6.45) is 4.44. The molecule has 2 aromatic rings. The number of halogens is 1. The first-order chi connectivity index (χ1) is 10.1. The average Bonchev–Trinajstić information content (AvgIpc) is 2.48. The number of hydrogen-bond donors (Lipinski definition) is 1. The van der Waals surface area contributed by atoms with Gasteiger partial charge in [-0.3, -0.25) is 0 Å². The van der Waals surface area contributed by atoms with E-state index >= 15 is 0 Å². The van der Waals surface area contributed by atoms with E-state index in [2.05, 4.69) is 29.2 Å². The molecule has 2 nitrogen and oxygen atoms in total. The summed E-state index contributed by atoms with van der Waals surface area (Å²) >= 11 is 0. The number of benzene rings is 2. The number of hydrogen-bond acceptors (Lipinski definition) is 2. The molecule has 1 atom stereocenters. The van der Waals surface area contributed by atoms with Crippen LogP contribution in [0.1, 0.15) is 22.8 Å². The van der Waals surface area contributed by atoms with Crippen LogP contribution < -0.4 is 0 Å². The van der Waals surface area contributed by atoms with E-state index in [9.17, 15) is 5.11 Å². The van der Waals surface area contributed by atoms with Gasteiger partial charge in [0.1, 0.15) is 0 Å². The van der Waals surface area contributed by atoms with Crippen molar-refractivity contribution in [1.29, 1.82) is 0 Å². The topological polar surface area (TPSA) is 23.5 Å². The second-order valence-electron chi connectivity index (χ2n) is 5.54. The predicted molar refractivity (Wildman–Crippen MR) is 96.4 cm³/mol. The normalized spacial score (nSPS) is 12.4. The first-order valence-electron chi connectivity index (χ1n) is 7.28. The van der Waals surface area contributed by atoms with Gasteiger partial charge < -0.3 is 10.0 Å². The standard InChI is InChI=1S/C19H23NO.ClH/c1-20(2)14-6-9-16-10-12-18(13-11-16)19(21)15-17-7-4-3-5-8-17;/h3-13,19,21H,14-15H2,1-2H3;1H. The van der Waals surface area contributed by atoms with Crippen LogP contribution in [0.4, 0.5) is 0 Å². The Labute approximate surface area is 139 Å². The summed E-state index contributed by atoms with van der Waals surface area (Å²) in [5.74, 6) is 0.